The van der Waals surface area contributed by atoms with E-state index in [-0.39, 0.29) is 21.6 Å². The first-order chi connectivity index (χ1) is 10.9. The van der Waals surface area contributed by atoms with E-state index >= 15 is 0 Å². The summed E-state index contributed by atoms with van der Waals surface area (Å²) in [5, 5.41) is 9.97. The number of phenols is 1. The van der Waals surface area contributed by atoms with Gasteiger partial charge in [0.05, 0.1) is 26.8 Å². The van der Waals surface area contributed by atoms with Crippen LogP contribution in [0.5, 0.6) is 5.75 Å². The smallest absolute Gasteiger partial charge is 0.161 e. The highest BCUT2D eigenvalue weighted by Gasteiger charge is 2.13. The lowest BCUT2D eigenvalue weighted by Gasteiger charge is -2.09. The van der Waals surface area contributed by atoms with Gasteiger partial charge in [0, 0.05) is 17.3 Å². The lowest BCUT2D eigenvalue weighted by atomic mass is 10.0. The van der Waals surface area contributed by atoms with Crippen LogP contribution in [0.4, 0.5) is 0 Å². The standard InChI is InChI=1S/C17H12Cl2N2O2/c1-8-11(9(2)22)7-20-15-4-3-14(21-16(8)15)10-5-12(18)17(23)13(19)6-10/h3-7,23H,1-2H3. The molecular formula is C17H12Cl2N2O2. The molecule has 1 aromatic carbocycles. The molecule has 0 radical (unpaired) electrons. The zero-order valence-electron chi connectivity index (χ0n) is 12.4. The molecule has 2 aromatic heterocycles. The number of hydrogen-bond acceptors (Lipinski definition) is 4. The third kappa shape index (κ3) is 2.76. The Morgan fingerprint density at radius 2 is 1.83 bits per heavy atom. The number of Topliss-reactive ketones (excluding diaryl/α,β-unsaturated/α-hetero) is 1. The average Bonchev–Trinajstić information content (AvgIpc) is 2.52. The van der Waals surface area contributed by atoms with Crippen LogP contribution in [0.3, 0.4) is 0 Å². The summed E-state index contributed by atoms with van der Waals surface area (Å²) in [7, 11) is 0. The topological polar surface area (TPSA) is 63.1 Å². The summed E-state index contributed by atoms with van der Waals surface area (Å²) < 4.78 is 0. The van der Waals surface area contributed by atoms with Gasteiger partial charge in [-0.2, -0.15) is 0 Å². The second-order valence-electron chi connectivity index (χ2n) is 5.21. The van der Waals surface area contributed by atoms with Gasteiger partial charge in [0.1, 0.15) is 0 Å². The number of carbonyl (C=O) groups excluding carboxylic acids is 1. The molecule has 0 fully saturated rings. The van der Waals surface area contributed by atoms with Crippen LogP contribution in [0.2, 0.25) is 10.0 Å². The molecular weight excluding hydrogens is 335 g/mol. The second kappa shape index (κ2) is 5.80. The molecule has 0 unspecified atom stereocenters. The Hall–Kier alpha value is -2.17. The minimum Gasteiger partial charge on any atom is -0.505 e. The number of ketones is 1. The highest BCUT2D eigenvalue weighted by atomic mass is 35.5. The number of halogens is 2. The van der Waals surface area contributed by atoms with E-state index in [1.807, 2.05) is 13.0 Å². The largest absolute Gasteiger partial charge is 0.505 e. The van der Waals surface area contributed by atoms with Gasteiger partial charge in [-0.3, -0.25) is 9.78 Å². The highest BCUT2D eigenvalue weighted by molar-refractivity contribution is 6.37. The van der Waals surface area contributed by atoms with Gasteiger partial charge in [-0.1, -0.05) is 23.2 Å². The molecule has 1 N–H and O–H groups in total. The predicted octanol–water partition coefficient (Wildman–Crippen LogP) is 4.82. The molecule has 0 atom stereocenters. The lowest BCUT2D eigenvalue weighted by molar-refractivity contribution is 0.101. The molecule has 116 valence electrons. The average molecular weight is 347 g/mol. The van der Waals surface area contributed by atoms with E-state index in [2.05, 4.69) is 9.97 Å². The molecule has 0 bridgehead atoms. The zero-order valence-corrected chi connectivity index (χ0v) is 13.9. The minimum atomic E-state index is -0.158. The molecule has 0 aliphatic carbocycles. The monoisotopic (exact) mass is 346 g/mol. The summed E-state index contributed by atoms with van der Waals surface area (Å²) in [6.45, 7) is 3.34. The van der Waals surface area contributed by atoms with Crippen molar-refractivity contribution >= 4 is 40.0 Å². The SMILES string of the molecule is CC(=O)c1cnc2ccc(-c3cc(Cl)c(O)c(Cl)c3)nc2c1C. The van der Waals surface area contributed by atoms with Crippen molar-refractivity contribution in [2.75, 3.05) is 0 Å². The van der Waals surface area contributed by atoms with Gasteiger partial charge in [0.2, 0.25) is 0 Å². The van der Waals surface area contributed by atoms with Crippen LogP contribution in [0.1, 0.15) is 22.8 Å². The van der Waals surface area contributed by atoms with Crippen molar-refractivity contribution < 1.29 is 9.90 Å². The van der Waals surface area contributed by atoms with Crippen LogP contribution in [-0.4, -0.2) is 20.9 Å². The number of rotatable bonds is 2. The number of pyridine rings is 2. The van der Waals surface area contributed by atoms with Crippen molar-refractivity contribution in [3.8, 4) is 17.0 Å². The number of nitrogens with zero attached hydrogens (tertiary/aromatic N) is 2. The quantitative estimate of drug-likeness (QED) is 0.675. The maximum absolute atomic E-state index is 11.7. The van der Waals surface area contributed by atoms with Crippen LogP contribution < -0.4 is 0 Å². The fourth-order valence-corrected chi connectivity index (χ4v) is 2.91. The van der Waals surface area contributed by atoms with Crippen molar-refractivity contribution in [2.24, 2.45) is 0 Å². The van der Waals surface area contributed by atoms with E-state index in [0.29, 0.717) is 27.9 Å². The van der Waals surface area contributed by atoms with Gasteiger partial charge in [0.15, 0.2) is 11.5 Å². The molecule has 0 aliphatic heterocycles. The molecule has 0 aliphatic rings. The second-order valence-corrected chi connectivity index (χ2v) is 6.02. The van der Waals surface area contributed by atoms with Crippen LogP contribution in [0.15, 0.2) is 30.5 Å². The number of aromatic hydroxyl groups is 1. The zero-order chi connectivity index (χ0) is 16.7. The Kier molecular flexibility index (Phi) is 3.96. The first-order valence-corrected chi connectivity index (χ1v) is 7.59. The normalized spacial score (nSPS) is 11.0. The number of fused-ring (bicyclic) bond motifs is 1. The van der Waals surface area contributed by atoms with Crippen LogP contribution in [-0.2, 0) is 0 Å². The molecule has 0 spiro atoms. The van der Waals surface area contributed by atoms with Crippen molar-refractivity contribution in [2.45, 2.75) is 13.8 Å². The first-order valence-electron chi connectivity index (χ1n) is 6.84. The minimum absolute atomic E-state index is 0.0557. The van der Waals surface area contributed by atoms with Gasteiger partial charge in [-0.15, -0.1) is 0 Å². The molecule has 23 heavy (non-hydrogen) atoms. The van der Waals surface area contributed by atoms with E-state index in [9.17, 15) is 9.90 Å². The molecule has 0 saturated heterocycles. The number of carbonyl (C=O) groups is 1. The number of benzene rings is 1. The molecule has 0 saturated carbocycles. The Labute approximate surface area is 142 Å². The highest BCUT2D eigenvalue weighted by Crippen LogP contribution is 2.36. The van der Waals surface area contributed by atoms with Gasteiger partial charge in [-0.25, -0.2) is 4.98 Å². The van der Waals surface area contributed by atoms with Crippen molar-refractivity contribution in [3.63, 3.8) is 0 Å². The fourth-order valence-electron chi connectivity index (χ4n) is 2.42. The summed E-state index contributed by atoms with van der Waals surface area (Å²) in [5.74, 6) is -0.214. The van der Waals surface area contributed by atoms with E-state index in [1.165, 1.54) is 6.92 Å². The summed E-state index contributed by atoms with van der Waals surface area (Å²) in [6, 6.07) is 6.80. The van der Waals surface area contributed by atoms with Gasteiger partial charge in [-0.05, 0) is 43.7 Å². The summed E-state index contributed by atoms with van der Waals surface area (Å²) in [4.78, 5) is 20.5. The molecule has 2 heterocycles. The molecule has 6 heteroatoms. The van der Waals surface area contributed by atoms with Crippen LogP contribution in [0, 0.1) is 6.92 Å². The number of hydrogen-bond donors (Lipinski definition) is 1. The molecule has 3 aromatic rings. The third-order valence-corrected chi connectivity index (χ3v) is 4.23. The summed E-state index contributed by atoms with van der Waals surface area (Å²) in [6.07, 6.45) is 1.57. The molecule has 3 rings (SSSR count). The first kappa shape index (κ1) is 15.7. The Balaban J connectivity index is 2.24. The number of aromatic nitrogens is 2. The fraction of sp³-hybridized carbons (Fsp3) is 0.118. The van der Waals surface area contributed by atoms with Gasteiger partial charge >= 0.3 is 0 Å². The van der Waals surface area contributed by atoms with E-state index in [0.717, 1.165) is 5.56 Å². The van der Waals surface area contributed by atoms with Crippen LogP contribution in [0.25, 0.3) is 22.3 Å². The van der Waals surface area contributed by atoms with Gasteiger partial charge in [0.25, 0.3) is 0 Å². The van der Waals surface area contributed by atoms with Crippen molar-refractivity contribution in [1.82, 2.24) is 9.97 Å². The summed E-state index contributed by atoms with van der Waals surface area (Å²) in [5.41, 5.74) is 3.98. The Morgan fingerprint density at radius 3 is 2.43 bits per heavy atom. The van der Waals surface area contributed by atoms with E-state index in [1.54, 1.807) is 24.4 Å². The van der Waals surface area contributed by atoms with Crippen molar-refractivity contribution in [3.05, 3.63) is 51.6 Å². The maximum atomic E-state index is 11.7. The number of phenolic OH excluding ortho intramolecular Hbond substituents is 1. The summed E-state index contributed by atoms with van der Waals surface area (Å²) >= 11 is 11.9. The third-order valence-electron chi connectivity index (χ3n) is 3.66. The van der Waals surface area contributed by atoms with E-state index in [4.69, 9.17) is 23.2 Å². The number of aryl methyl sites for hydroxylation is 1. The lowest BCUT2D eigenvalue weighted by Crippen LogP contribution is -2.00. The maximum Gasteiger partial charge on any atom is 0.161 e. The van der Waals surface area contributed by atoms with E-state index < -0.39 is 0 Å². The Morgan fingerprint density at radius 1 is 1.17 bits per heavy atom. The van der Waals surface area contributed by atoms with Gasteiger partial charge < -0.3 is 5.11 Å². The Bertz CT molecular complexity index is 932. The molecule has 4 nitrogen and oxygen atoms in total. The van der Waals surface area contributed by atoms with Crippen LogP contribution >= 0.6 is 23.2 Å². The molecule has 0 amide bonds. The predicted molar refractivity (Wildman–Crippen MR) is 91.4 cm³/mol. The van der Waals surface area contributed by atoms with Crippen molar-refractivity contribution in [1.29, 1.82) is 0 Å².